The number of amides is 2. The average molecular weight is 1550 g/mol. The summed E-state index contributed by atoms with van der Waals surface area (Å²) in [5.41, 5.74) is 2.36. The lowest BCUT2D eigenvalue weighted by Gasteiger charge is -2.49. The van der Waals surface area contributed by atoms with Crippen molar-refractivity contribution in [1.82, 2.24) is 70.2 Å². The Labute approximate surface area is 620 Å². The van der Waals surface area contributed by atoms with Crippen LogP contribution in [0, 0.1) is 37.1 Å². The van der Waals surface area contributed by atoms with Crippen LogP contribution in [0.2, 0.25) is 30.1 Å². The van der Waals surface area contributed by atoms with Crippen LogP contribution in [0.1, 0.15) is 97.0 Å². The third-order valence-electron chi connectivity index (χ3n) is 17.9. The van der Waals surface area contributed by atoms with E-state index in [1.54, 1.807) is 50.2 Å². The van der Waals surface area contributed by atoms with Gasteiger partial charge in [-0.1, -0.05) is 154 Å². The summed E-state index contributed by atoms with van der Waals surface area (Å²) in [4.78, 5) is 37.7. The van der Waals surface area contributed by atoms with Crippen molar-refractivity contribution in [2.45, 2.75) is 113 Å². The lowest BCUT2D eigenvalue weighted by atomic mass is 9.90. The summed E-state index contributed by atoms with van der Waals surface area (Å²) in [5, 5.41) is 32.8. The molecular formula is C70H62Cl6F4N14O10. The van der Waals surface area contributed by atoms with Gasteiger partial charge in [0.2, 0.25) is 11.8 Å². The first-order chi connectivity index (χ1) is 50.3. The monoisotopic (exact) mass is 1540 g/mol. The highest BCUT2D eigenvalue weighted by atomic mass is 35.5. The van der Waals surface area contributed by atoms with Gasteiger partial charge in [-0.2, -0.15) is 10.2 Å². The first-order valence-electron chi connectivity index (χ1n) is 32.9. The SMILES string of the molecule is Cc1nc([C@H]2O[C@H]3CO[C@@H](c4ccccc4)O[C@H]3[C@@H](n3cc(-c4cc(F)c(Cl)c(F)c4)nn3)[C@@H]2OCC(=O)NCCCCCCNC(=O)CO[C@@H]2[C@@H](n3cc(-c4cc(F)c(Cl)c(F)c4)nn3)[C@H]3O[C@@H](c4ccccc4)OC[C@H]3O[C@H]2c2nc(C)nn2-c2cc(Cl)ccc2Cl)n(-c2cc(Cl)ccc2Cl)n1. The van der Waals surface area contributed by atoms with Gasteiger partial charge in [0, 0.05) is 45.4 Å². The highest BCUT2D eigenvalue weighted by Crippen LogP contribution is 2.49. The fourth-order valence-corrected chi connectivity index (χ4v) is 14.0. The number of hydrogen-bond donors (Lipinski definition) is 2. The topological polar surface area (TPSA) is 255 Å². The van der Waals surface area contributed by atoms with Gasteiger partial charge in [-0.05, 0) is 87.4 Å². The number of rotatable bonds is 23. The van der Waals surface area contributed by atoms with E-state index in [-0.39, 0.29) is 70.5 Å². The van der Waals surface area contributed by atoms with E-state index in [1.165, 1.54) is 31.1 Å². The molecule has 8 heterocycles. The average Bonchev–Trinajstić information content (AvgIpc) is 1.37. The molecule has 542 valence electrons. The first kappa shape index (κ1) is 72.9. The Morgan fingerprint density at radius 2 is 0.913 bits per heavy atom. The second kappa shape index (κ2) is 32.0. The highest BCUT2D eigenvalue weighted by Gasteiger charge is 2.56. The molecule has 104 heavy (non-hydrogen) atoms. The van der Waals surface area contributed by atoms with E-state index in [0.29, 0.717) is 69.9 Å². The number of aromatic nitrogens is 12. The van der Waals surface area contributed by atoms with Crippen molar-refractivity contribution < 1.29 is 65.0 Å². The minimum atomic E-state index is -1.19. The molecule has 12 atom stereocenters. The maximum Gasteiger partial charge on any atom is 0.246 e. The number of benzene rings is 6. The molecule has 0 saturated carbocycles. The Morgan fingerprint density at radius 3 is 1.31 bits per heavy atom. The van der Waals surface area contributed by atoms with E-state index in [0.717, 1.165) is 24.3 Å². The van der Waals surface area contributed by atoms with Crippen LogP contribution in [0.3, 0.4) is 0 Å². The van der Waals surface area contributed by atoms with E-state index in [1.807, 2.05) is 60.7 Å². The van der Waals surface area contributed by atoms with Crippen molar-refractivity contribution in [3.63, 3.8) is 0 Å². The zero-order valence-corrected chi connectivity index (χ0v) is 59.5. The quantitative estimate of drug-likeness (QED) is 0.0343. The lowest BCUT2D eigenvalue weighted by molar-refractivity contribution is -0.322. The van der Waals surface area contributed by atoms with Gasteiger partial charge < -0.3 is 48.5 Å². The number of carbonyl (C=O) groups excluding carboxylic acids is 2. The Bertz CT molecular complexity index is 4420. The molecule has 0 spiro atoms. The minimum Gasteiger partial charge on any atom is -0.363 e. The summed E-state index contributed by atoms with van der Waals surface area (Å²) < 4.78 is 119. The summed E-state index contributed by atoms with van der Waals surface area (Å²) in [5.74, 6) is -3.94. The number of halogens is 10. The standard InChI is InChI=1S/C70H62Cl6F4N14O10/c1-35-83-67(93(87-35)51-27-41(71)17-19-43(51)73)65-63(59(61-53(101-65)31-99-69(103-61)37-13-7-5-8-14-37)91-29-49(85-89-91)39-23-45(77)57(75)46(78)24-39)97-33-55(95)81-21-11-3-4-12-22-82-56(96)34-98-64-60(92-30-50(86-90-92)40-25-47(79)58(76)48(80)26-40)62-54(32-100-70(104-62)38-15-9-6-10-16-38)102-66(64)68-84-36(2)88-94(68)52-28-42(72)18-20-44(52)74/h5-10,13-20,23-30,53-54,59-66,69-70H,3-4,11-12,21-22,31-34H2,1-2H3,(H,81,95)(H,82,96)/t53-,54+,59+,60-,61+,62-,63-,64+,65-,66+,69+,70-. The molecule has 0 radical (unpaired) electrons. The van der Waals surface area contributed by atoms with E-state index < -0.39 is 132 Å². The van der Waals surface area contributed by atoms with Gasteiger partial charge in [0.1, 0.15) is 130 Å². The molecule has 4 aromatic heterocycles. The van der Waals surface area contributed by atoms with Crippen LogP contribution >= 0.6 is 69.6 Å². The third kappa shape index (κ3) is 15.8. The van der Waals surface area contributed by atoms with Gasteiger partial charge in [-0.15, -0.1) is 10.2 Å². The molecule has 0 unspecified atom stereocenters. The molecule has 0 aliphatic carbocycles. The highest BCUT2D eigenvalue weighted by molar-refractivity contribution is 6.35. The molecule has 24 nitrogen and oxygen atoms in total. The zero-order chi connectivity index (χ0) is 72.4. The maximum absolute atomic E-state index is 15.0. The van der Waals surface area contributed by atoms with Gasteiger partial charge >= 0.3 is 0 Å². The summed E-state index contributed by atoms with van der Waals surface area (Å²) in [6, 6.07) is 30.3. The van der Waals surface area contributed by atoms with E-state index in [2.05, 4.69) is 31.3 Å². The number of hydrogen-bond acceptors (Lipinski definition) is 18. The van der Waals surface area contributed by atoms with Gasteiger partial charge in [0.15, 0.2) is 24.2 Å². The molecule has 4 aliphatic rings. The van der Waals surface area contributed by atoms with Crippen LogP contribution in [-0.4, -0.2) is 147 Å². The Balaban J connectivity index is 0.659. The van der Waals surface area contributed by atoms with Crippen LogP contribution in [0.25, 0.3) is 33.9 Å². The number of aryl methyl sites for hydroxylation is 2. The Morgan fingerprint density at radius 1 is 0.519 bits per heavy atom. The second-order valence-corrected chi connectivity index (χ2v) is 27.4. The van der Waals surface area contributed by atoms with Crippen molar-refractivity contribution in [2.75, 3.05) is 39.5 Å². The predicted molar refractivity (Wildman–Crippen MR) is 370 cm³/mol. The molecule has 14 rings (SSSR count). The Kier molecular flexibility index (Phi) is 22.4. The van der Waals surface area contributed by atoms with Crippen LogP contribution in [0.4, 0.5) is 17.6 Å². The molecule has 2 amide bonds. The van der Waals surface area contributed by atoms with Crippen LogP contribution in [-0.2, 0) is 47.5 Å². The van der Waals surface area contributed by atoms with Crippen LogP contribution in [0.5, 0.6) is 0 Å². The summed E-state index contributed by atoms with van der Waals surface area (Å²) >= 11 is 38.4. The molecule has 4 saturated heterocycles. The largest absolute Gasteiger partial charge is 0.363 e. The smallest absolute Gasteiger partial charge is 0.246 e. The third-order valence-corrected chi connectivity index (χ3v) is 19.7. The molecule has 4 aliphatic heterocycles. The molecule has 34 heteroatoms. The van der Waals surface area contributed by atoms with E-state index in [4.69, 9.17) is 128 Å². The summed E-state index contributed by atoms with van der Waals surface area (Å²) in [6.07, 6.45) is -4.74. The molecule has 4 fully saturated rings. The molecule has 0 bridgehead atoms. The number of carbonyl (C=O) groups is 2. The zero-order valence-electron chi connectivity index (χ0n) is 54.9. The molecular weight excluding hydrogens is 1490 g/mol. The second-order valence-electron chi connectivity index (χ2n) is 24.9. The summed E-state index contributed by atoms with van der Waals surface area (Å²) in [7, 11) is 0. The number of nitrogens with one attached hydrogen (secondary N) is 2. The first-order valence-corrected chi connectivity index (χ1v) is 35.2. The predicted octanol–water partition coefficient (Wildman–Crippen LogP) is 13.3. The van der Waals surface area contributed by atoms with Crippen molar-refractivity contribution in [3.05, 3.63) is 222 Å². The van der Waals surface area contributed by atoms with Crippen LogP contribution in [0.15, 0.2) is 134 Å². The van der Waals surface area contributed by atoms with E-state index in [9.17, 15) is 27.2 Å². The molecule has 2 N–H and O–H groups in total. The number of nitrogens with zero attached hydrogens (tertiary/aromatic N) is 12. The van der Waals surface area contributed by atoms with Gasteiger partial charge in [0.25, 0.3) is 0 Å². The summed E-state index contributed by atoms with van der Waals surface area (Å²) in [6.45, 7) is 2.82. The fourth-order valence-electron chi connectivity index (χ4n) is 13.1. The van der Waals surface area contributed by atoms with E-state index >= 15 is 0 Å². The normalized spacial score (nSPS) is 23.2. The van der Waals surface area contributed by atoms with Crippen molar-refractivity contribution in [1.29, 1.82) is 0 Å². The van der Waals surface area contributed by atoms with Crippen molar-refractivity contribution in [2.24, 2.45) is 0 Å². The maximum atomic E-state index is 15.0. The van der Waals surface area contributed by atoms with Gasteiger partial charge in [-0.25, -0.2) is 46.3 Å². The number of ether oxygens (including phenoxy) is 8. The minimum absolute atomic E-state index is 0.0000859. The van der Waals surface area contributed by atoms with Crippen LogP contribution < -0.4 is 10.6 Å². The molecule has 6 aromatic carbocycles. The number of fused-ring (bicyclic) bond motifs is 2. The Hall–Kier alpha value is -8.04. The lowest BCUT2D eigenvalue weighted by Crippen LogP contribution is -2.58. The van der Waals surface area contributed by atoms with Crippen molar-refractivity contribution in [3.8, 4) is 33.9 Å². The van der Waals surface area contributed by atoms with Gasteiger partial charge in [-0.3, -0.25) is 9.59 Å². The molecule has 10 aromatic rings. The van der Waals surface area contributed by atoms with Gasteiger partial charge in [0.05, 0.1) is 47.0 Å². The number of unbranched alkanes of at least 4 members (excludes halogenated alkanes) is 3. The van der Waals surface area contributed by atoms with Crippen molar-refractivity contribution >= 4 is 81.4 Å². The fraction of sp³-hybridized carbons (Fsp3) is 0.343.